The van der Waals surface area contributed by atoms with Gasteiger partial charge < -0.3 is 20.3 Å². The number of hydrogen-bond acceptors (Lipinski definition) is 5. The summed E-state index contributed by atoms with van der Waals surface area (Å²) in [4.78, 5) is 26.2. The number of carbonyl (C=O) groups excluding carboxylic acids is 2. The van der Waals surface area contributed by atoms with E-state index in [4.69, 9.17) is 4.74 Å². The molecule has 6 nitrogen and oxygen atoms in total. The first kappa shape index (κ1) is 38.4. The zero-order valence-electron chi connectivity index (χ0n) is 26.6. The van der Waals surface area contributed by atoms with E-state index in [0.717, 1.165) is 24.3 Å². The van der Waals surface area contributed by atoms with E-state index in [9.17, 15) is 14.0 Å². The summed E-state index contributed by atoms with van der Waals surface area (Å²) in [5, 5.41) is 5.82. The lowest BCUT2D eigenvalue weighted by Gasteiger charge is -2.27. The minimum absolute atomic E-state index is 0.0473. The number of ether oxygens (including phenoxy) is 1. The highest BCUT2D eigenvalue weighted by Crippen LogP contribution is 2.16. The number of carbonyl (C=O) groups is 2. The van der Waals surface area contributed by atoms with Gasteiger partial charge in [0.2, 0.25) is 11.8 Å². The first-order valence-electron chi connectivity index (χ1n) is 14.8. The average Bonchev–Trinajstić information content (AvgIpc) is 2.93. The number of likely N-dealkylation sites (N-methyl/N-ethyl adjacent to an activating group) is 2. The van der Waals surface area contributed by atoms with Crippen LogP contribution in [-0.2, 0) is 16.0 Å². The monoisotopic (exact) mass is 591 g/mol. The molecule has 41 heavy (non-hydrogen) atoms. The van der Waals surface area contributed by atoms with E-state index in [-0.39, 0.29) is 17.6 Å². The Morgan fingerprint density at radius 1 is 1.05 bits per heavy atom. The zero-order valence-corrected chi connectivity index (χ0v) is 27.5. The van der Waals surface area contributed by atoms with Crippen LogP contribution in [0.15, 0.2) is 42.5 Å². The minimum Gasteiger partial charge on any atom is -0.493 e. The van der Waals surface area contributed by atoms with Crippen LogP contribution in [0.3, 0.4) is 0 Å². The molecule has 0 aliphatic rings. The summed E-state index contributed by atoms with van der Waals surface area (Å²) in [5.74, 6) is 0.856. The van der Waals surface area contributed by atoms with Gasteiger partial charge in [-0.2, -0.15) is 11.8 Å². The van der Waals surface area contributed by atoms with E-state index in [1.165, 1.54) is 29.7 Å². The SMILES string of the molecule is CCCNC.CCNC(=O)C(CCSC)N(C)C(=O)CCCCOc1cc(C)cc(F)c1.CCc1cccc(C)c1. The number of benzene rings is 2. The normalized spacial score (nSPS) is 10.9. The van der Waals surface area contributed by atoms with Gasteiger partial charge in [0.05, 0.1) is 6.61 Å². The van der Waals surface area contributed by atoms with Gasteiger partial charge in [-0.05, 0) is 102 Å². The van der Waals surface area contributed by atoms with Crippen LogP contribution in [0.2, 0.25) is 0 Å². The van der Waals surface area contributed by atoms with Gasteiger partial charge in [0, 0.05) is 26.1 Å². The predicted octanol–water partition coefficient (Wildman–Crippen LogP) is 6.57. The van der Waals surface area contributed by atoms with Crippen LogP contribution in [-0.4, -0.2) is 68.6 Å². The molecule has 1 atom stereocenters. The van der Waals surface area contributed by atoms with Gasteiger partial charge in [-0.1, -0.05) is 43.7 Å². The van der Waals surface area contributed by atoms with Gasteiger partial charge in [0.25, 0.3) is 0 Å². The molecule has 0 fully saturated rings. The molecular weight excluding hydrogens is 537 g/mol. The summed E-state index contributed by atoms with van der Waals surface area (Å²) < 4.78 is 18.9. The summed E-state index contributed by atoms with van der Waals surface area (Å²) in [5.41, 5.74) is 3.59. The highest BCUT2D eigenvalue weighted by Gasteiger charge is 2.25. The number of amides is 2. The van der Waals surface area contributed by atoms with E-state index in [1.54, 1.807) is 29.8 Å². The molecule has 2 aromatic carbocycles. The molecule has 232 valence electrons. The Hall–Kier alpha value is -2.58. The molecule has 8 heteroatoms. The fourth-order valence-corrected chi connectivity index (χ4v) is 4.37. The Balaban J connectivity index is 0.000000928. The van der Waals surface area contributed by atoms with E-state index in [0.29, 0.717) is 44.6 Å². The number of nitrogens with one attached hydrogen (secondary N) is 2. The Bertz CT molecular complexity index is 968. The van der Waals surface area contributed by atoms with Gasteiger partial charge in [0.1, 0.15) is 17.6 Å². The Morgan fingerprint density at radius 3 is 2.29 bits per heavy atom. The Labute approximate surface area is 253 Å². The number of hydrogen-bond donors (Lipinski definition) is 2. The minimum atomic E-state index is -0.434. The summed E-state index contributed by atoms with van der Waals surface area (Å²) in [7, 11) is 3.65. The largest absolute Gasteiger partial charge is 0.493 e. The summed E-state index contributed by atoms with van der Waals surface area (Å²) in [6.07, 6.45) is 6.69. The molecule has 0 bridgehead atoms. The fourth-order valence-electron chi connectivity index (χ4n) is 3.91. The number of aryl methyl sites for hydroxylation is 3. The average molecular weight is 592 g/mol. The molecule has 0 aliphatic heterocycles. The van der Waals surface area contributed by atoms with Crippen LogP contribution in [0.5, 0.6) is 5.75 Å². The topological polar surface area (TPSA) is 70.7 Å². The van der Waals surface area contributed by atoms with Crippen molar-refractivity contribution in [3.8, 4) is 5.75 Å². The molecule has 0 spiro atoms. The van der Waals surface area contributed by atoms with Gasteiger partial charge >= 0.3 is 0 Å². The van der Waals surface area contributed by atoms with Crippen molar-refractivity contribution in [1.82, 2.24) is 15.5 Å². The molecule has 2 aromatic rings. The van der Waals surface area contributed by atoms with E-state index in [2.05, 4.69) is 55.7 Å². The van der Waals surface area contributed by atoms with Crippen LogP contribution in [0, 0.1) is 19.7 Å². The second kappa shape index (κ2) is 24.1. The molecule has 0 saturated heterocycles. The number of halogens is 1. The summed E-state index contributed by atoms with van der Waals surface area (Å²) in [6, 6.07) is 12.8. The van der Waals surface area contributed by atoms with Crippen molar-refractivity contribution in [3.05, 3.63) is 65.0 Å². The lowest BCUT2D eigenvalue weighted by Crippen LogP contribution is -2.48. The highest BCUT2D eigenvalue weighted by molar-refractivity contribution is 7.98. The molecular formula is C33H54FN3O3S. The summed E-state index contributed by atoms with van der Waals surface area (Å²) >= 11 is 1.66. The van der Waals surface area contributed by atoms with Crippen molar-refractivity contribution in [1.29, 1.82) is 0 Å². The molecule has 1 unspecified atom stereocenters. The Kier molecular flexibility index (Phi) is 22.5. The quantitative estimate of drug-likeness (QED) is 0.229. The maximum absolute atomic E-state index is 13.3. The number of nitrogens with zero attached hydrogens (tertiary/aromatic N) is 1. The van der Waals surface area contributed by atoms with E-state index in [1.807, 2.05) is 27.2 Å². The van der Waals surface area contributed by atoms with Crippen molar-refractivity contribution >= 4 is 23.6 Å². The van der Waals surface area contributed by atoms with Gasteiger partial charge in [0.15, 0.2) is 0 Å². The first-order chi connectivity index (χ1) is 19.6. The first-order valence-corrected chi connectivity index (χ1v) is 16.1. The lowest BCUT2D eigenvalue weighted by molar-refractivity contribution is -0.139. The van der Waals surface area contributed by atoms with E-state index >= 15 is 0 Å². The Morgan fingerprint density at radius 2 is 1.78 bits per heavy atom. The third-order valence-corrected chi connectivity index (χ3v) is 6.81. The van der Waals surface area contributed by atoms with Crippen molar-refractivity contribution in [2.75, 3.05) is 45.8 Å². The predicted molar refractivity (Wildman–Crippen MR) is 173 cm³/mol. The maximum Gasteiger partial charge on any atom is 0.242 e. The third-order valence-electron chi connectivity index (χ3n) is 6.17. The van der Waals surface area contributed by atoms with Crippen LogP contribution in [0.25, 0.3) is 0 Å². The molecule has 0 aromatic heterocycles. The second-order valence-corrected chi connectivity index (χ2v) is 10.9. The summed E-state index contributed by atoms with van der Waals surface area (Å²) in [6.45, 7) is 12.2. The smallest absolute Gasteiger partial charge is 0.242 e. The van der Waals surface area contributed by atoms with Gasteiger partial charge in [-0.3, -0.25) is 9.59 Å². The van der Waals surface area contributed by atoms with Crippen LogP contribution < -0.4 is 15.4 Å². The number of thioether (sulfide) groups is 1. The van der Waals surface area contributed by atoms with Crippen LogP contribution >= 0.6 is 11.8 Å². The standard InChI is InChI=1S/C20H31FN2O3S.C9H12.C4H11N/c1-5-22-20(25)18(9-11-27-4)23(3)19(24)8-6-7-10-26-17-13-15(2)12-16(21)14-17;1-3-9-6-4-5-8(2)7-9;1-3-4-5-2/h12-14,18H,5-11H2,1-4H3,(H,22,25);4-7H,3H2,1-2H3;5H,3-4H2,1-2H3. The molecule has 0 saturated carbocycles. The van der Waals surface area contributed by atoms with Crippen molar-refractivity contribution in [3.63, 3.8) is 0 Å². The van der Waals surface area contributed by atoms with E-state index < -0.39 is 6.04 Å². The third kappa shape index (κ3) is 18.5. The highest BCUT2D eigenvalue weighted by atomic mass is 32.2. The lowest BCUT2D eigenvalue weighted by atomic mass is 10.1. The van der Waals surface area contributed by atoms with Crippen LogP contribution in [0.1, 0.15) is 69.6 Å². The molecule has 2 rings (SSSR count). The number of unbranched alkanes of at least 4 members (excludes halogenated alkanes) is 1. The maximum atomic E-state index is 13.3. The van der Waals surface area contributed by atoms with Crippen molar-refractivity contribution < 1.29 is 18.7 Å². The van der Waals surface area contributed by atoms with Crippen molar-refractivity contribution in [2.24, 2.45) is 0 Å². The number of rotatable bonds is 15. The van der Waals surface area contributed by atoms with Gasteiger partial charge in [-0.15, -0.1) is 0 Å². The fraction of sp³-hybridized carbons (Fsp3) is 0.576. The molecule has 2 amide bonds. The molecule has 0 radical (unpaired) electrons. The van der Waals surface area contributed by atoms with Crippen LogP contribution in [0.4, 0.5) is 4.39 Å². The second-order valence-electron chi connectivity index (χ2n) is 9.91. The molecule has 0 heterocycles. The molecule has 0 aliphatic carbocycles. The van der Waals surface area contributed by atoms with Gasteiger partial charge in [-0.25, -0.2) is 4.39 Å². The zero-order chi connectivity index (χ0) is 31.0. The molecule has 2 N–H and O–H groups in total. The van der Waals surface area contributed by atoms with Crippen molar-refractivity contribution in [2.45, 2.75) is 79.2 Å².